The van der Waals surface area contributed by atoms with Gasteiger partial charge in [-0.15, -0.1) is 0 Å². The maximum absolute atomic E-state index is 13.2. The van der Waals surface area contributed by atoms with E-state index in [0.717, 1.165) is 6.07 Å². The van der Waals surface area contributed by atoms with Crippen LogP contribution in [-0.4, -0.2) is 0 Å². The van der Waals surface area contributed by atoms with E-state index in [0.29, 0.717) is 21.8 Å². The van der Waals surface area contributed by atoms with Crippen LogP contribution in [0.3, 0.4) is 0 Å². The quantitative estimate of drug-likeness (QED) is 0.893. The molecular weight excluding hydrogens is 282 g/mol. The Morgan fingerprint density at radius 1 is 1.15 bits per heavy atom. The second-order valence-electron chi connectivity index (χ2n) is 4.38. The van der Waals surface area contributed by atoms with Gasteiger partial charge in [0.1, 0.15) is 11.6 Å². The highest BCUT2D eigenvalue weighted by Crippen LogP contribution is 2.27. The highest BCUT2D eigenvalue weighted by Gasteiger charge is 2.10. The summed E-state index contributed by atoms with van der Waals surface area (Å²) in [5.74, 6) is -1.25. The molecule has 0 saturated heterocycles. The molecule has 0 aliphatic heterocycles. The van der Waals surface area contributed by atoms with Crippen LogP contribution in [0.2, 0.25) is 5.02 Å². The van der Waals surface area contributed by atoms with E-state index in [9.17, 15) is 8.78 Å². The van der Waals surface area contributed by atoms with Crippen LogP contribution in [0.25, 0.3) is 0 Å². The summed E-state index contributed by atoms with van der Waals surface area (Å²) in [6, 6.07) is 9.81. The minimum atomic E-state index is -0.625. The van der Waals surface area contributed by atoms with Crippen molar-refractivity contribution in [2.45, 2.75) is 13.0 Å². The van der Waals surface area contributed by atoms with Gasteiger partial charge in [0.2, 0.25) is 0 Å². The van der Waals surface area contributed by atoms with Crippen molar-refractivity contribution < 1.29 is 8.78 Å². The molecule has 20 heavy (non-hydrogen) atoms. The van der Waals surface area contributed by atoms with E-state index < -0.39 is 11.6 Å². The second kappa shape index (κ2) is 5.89. The van der Waals surface area contributed by atoms with Crippen molar-refractivity contribution in [1.29, 1.82) is 5.26 Å². The first kappa shape index (κ1) is 14.3. The standard InChI is InChI=1S/C15H11ClF2N2/c1-9(11-5-12(17)7-13(18)6-11)20-15-3-2-10(8-19)4-14(15)16/h2-7,9,20H,1H3. The summed E-state index contributed by atoms with van der Waals surface area (Å²) >= 11 is 6.04. The zero-order chi connectivity index (χ0) is 14.7. The Balaban J connectivity index is 2.23. The van der Waals surface area contributed by atoms with Crippen LogP contribution in [0, 0.1) is 23.0 Å². The summed E-state index contributed by atoms with van der Waals surface area (Å²) in [7, 11) is 0. The Kier molecular flexibility index (Phi) is 4.21. The SMILES string of the molecule is CC(Nc1ccc(C#N)cc1Cl)c1cc(F)cc(F)c1. The minimum Gasteiger partial charge on any atom is -0.377 e. The molecule has 0 aliphatic rings. The number of nitriles is 1. The van der Waals surface area contributed by atoms with Gasteiger partial charge in [-0.05, 0) is 42.8 Å². The van der Waals surface area contributed by atoms with E-state index in [2.05, 4.69) is 5.32 Å². The molecule has 102 valence electrons. The number of halogens is 3. The average molecular weight is 293 g/mol. The maximum atomic E-state index is 13.2. The summed E-state index contributed by atoms with van der Waals surface area (Å²) in [6.07, 6.45) is 0. The van der Waals surface area contributed by atoms with Gasteiger partial charge in [0.05, 0.1) is 22.3 Å². The lowest BCUT2D eigenvalue weighted by atomic mass is 10.1. The number of hydrogen-bond acceptors (Lipinski definition) is 2. The Bertz CT molecular complexity index is 660. The average Bonchev–Trinajstić information content (AvgIpc) is 2.39. The van der Waals surface area contributed by atoms with Gasteiger partial charge in [-0.2, -0.15) is 5.26 Å². The molecule has 0 spiro atoms. The van der Waals surface area contributed by atoms with Gasteiger partial charge in [0.15, 0.2) is 0 Å². The highest BCUT2D eigenvalue weighted by molar-refractivity contribution is 6.33. The third kappa shape index (κ3) is 3.25. The van der Waals surface area contributed by atoms with Crippen LogP contribution in [-0.2, 0) is 0 Å². The largest absolute Gasteiger partial charge is 0.377 e. The fourth-order valence-electron chi connectivity index (χ4n) is 1.84. The lowest BCUT2D eigenvalue weighted by molar-refractivity contribution is 0.577. The van der Waals surface area contributed by atoms with Gasteiger partial charge in [-0.1, -0.05) is 11.6 Å². The zero-order valence-electron chi connectivity index (χ0n) is 10.6. The molecule has 0 amide bonds. The predicted octanol–water partition coefficient (Wildman–Crippen LogP) is 4.66. The van der Waals surface area contributed by atoms with E-state index in [-0.39, 0.29) is 6.04 Å². The second-order valence-corrected chi connectivity index (χ2v) is 4.78. The molecular formula is C15H11ClF2N2. The normalized spacial score (nSPS) is 11.8. The van der Waals surface area contributed by atoms with E-state index >= 15 is 0 Å². The number of nitrogens with zero attached hydrogens (tertiary/aromatic N) is 1. The van der Waals surface area contributed by atoms with Crippen molar-refractivity contribution in [2.75, 3.05) is 5.32 Å². The molecule has 0 saturated carbocycles. The maximum Gasteiger partial charge on any atom is 0.126 e. The third-order valence-corrected chi connectivity index (χ3v) is 3.17. The Labute approximate surface area is 120 Å². The van der Waals surface area contributed by atoms with E-state index in [1.807, 2.05) is 6.07 Å². The third-order valence-electron chi connectivity index (χ3n) is 2.86. The Morgan fingerprint density at radius 3 is 2.35 bits per heavy atom. The number of benzene rings is 2. The highest BCUT2D eigenvalue weighted by atomic mass is 35.5. The molecule has 0 radical (unpaired) electrons. The molecule has 0 bridgehead atoms. The van der Waals surface area contributed by atoms with Gasteiger partial charge >= 0.3 is 0 Å². The van der Waals surface area contributed by atoms with Crippen LogP contribution in [0.4, 0.5) is 14.5 Å². The molecule has 2 aromatic carbocycles. The molecule has 0 fully saturated rings. The monoisotopic (exact) mass is 292 g/mol. The molecule has 5 heteroatoms. The zero-order valence-corrected chi connectivity index (χ0v) is 11.4. The summed E-state index contributed by atoms with van der Waals surface area (Å²) in [5, 5.41) is 12.2. The Morgan fingerprint density at radius 2 is 1.80 bits per heavy atom. The summed E-state index contributed by atoms with van der Waals surface area (Å²) in [4.78, 5) is 0. The molecule has 0 aliphatic carbocycles. The van der Waals surface area contributed by atoms with Crippen LogP contribution < -0.4 is 5.32 Å². The lowest BCUT2D eigenvalue weighted by Crippen LogP contribution is -2.08. The van der Waals surface area contributed by atoms with E-state index in [1.165, 1.54) is 18.2 Å². The van der Waals surface area contributed by atoms with E-state index in [4.69, 9.17) is 16.9 Å². The molecule has 2 rings (SSSR count). The number of hydrogen-bond donors (Lipinski definition) is 1. The number of rotatable bonds is 3. The van der Waals surface area contributed by atoms with Crippen molar-refractivity contribution in [1.82, 2.24) is 0 Å². The topological polar surface area (TPSA) is 35.8 Å². The smallest absolute Gasteiger partial charge is 0.126 e. The number of nitrogens with one attached hydrogen (secondary N) is 1. The van der Waals surface area contributed by atoms with Gasteiger partial charge in [0.25, 0.3) is 0 Å². The predicted molar refractivity (Wildman–Crippen MR) is 74.6 cm³/mol. The first-order valence-electron chi connectivity index (χ1n) is 5.92. The number of anilines is 1. The van der Waals surface area contributed by atoms with Crippen molar-refractivity contribution in [3.63, 3.8) is 0 Å². The molecule has 0 heterocycles. The van der Waals surface area contributed by atoms with Gasteiger partial charge in [0, 0.05) is 12.1 Å². The molecule has 1 atom stereocenters. The van der Waals surface area contributed by atoms with Crippen molar-refractivity contribution >= 4 is 17.3 Å². The van der Waals surface area contributed by atoms with Gasteiger partial charge in [-0.25, -0.2) is 8.78 Å². The fraction of sp³-hybridized carbons (Fsp3) is 0.133. The summed E-state index contributed by atoms with van der Waals surface area (Å²) in [6.45, 7) is 1.77. The Hall–Kier alpha value is -2.12. The molecule has 1 unspecified atom stereocenters. The van der Waals surface area contributed by atoms with Crippen LogP contribution in [0.1, 0.15) is 24.1 Å². The lowest BCUT2D eigenvalue weighted by Gasteiger charge is -2.17. The van der Waals surface area contributed by atoms with Crippen LogP contribution >= 0.6 is 11.6 Å². The summed E-state index contributed by atoms with van der Waals surface area (Å²) < 4.78 is 26.4. The van der Waals surface area contributed by atoms with Crippen molar-refractivity contribution in [3.05, 3.63) is 64.2 Å². The molecule has 2 nitrogen and oxygen atoms in total. The fourth-order valence-corrected chi connectivity index (χ4v) is 2.08. The molecule has 1 N–H and O–H groups in total. The van der Waals surface area contributed by atoms with Crippen LogP contribution in [0.5, 0.6) is 0 Å². The molecule has 2 aromatic rings. The van der Waals surface area contributed by atoms with Gasteiger partial charge < -0.3 is 5.32 Å². The minimum absolute atomic E-state index is 0.328. The first-order valence-corrected chi connectivity index (χ1v) is 6.29. The van der Waals surface area contributed by atoms with Crippen LogP contribution in [0.15, 0.2) is 36.4 Å². The van der Waals surface area contributed by atoms with Gasteiger partial charge in [-0.3, -0.25) is 0 Å². The van der Waals surface area contributed by atoms with Crippen molar-refractivity contribution in [3.8, 4) is 6.07 Å². The first-order chi connectivity index (χ1) is 9.49. The van der Waals surface area contributed by atoms with Crippen molar-refractivity contribution in [2.24, 2.45) is 0 Å². The molecule has 0 aromatic heterocycles. The summed E-state index contributed by atoms with van der Waals surface area (Å²) in [5.41, 5.74) is 1.52. The van der Waals surface area contributed by atoms with E-state index in [1.54, 1.807) is 19.1 Å².